The fourth-order valence-corrected chi connectivity index (χ4v) is 6.85. The summed E-state index contributed by atoms with van der Waals surface area (Å²) in [7, 11) is -3.72. The zero-order chi connectivity index (χ0) is 22.3. The minimum Gasteiger partial charge on any atom is -0.356 e. The van der Waals surface area contributed by atoms with Gasteiger partial charge in [-0.2, -0.15) is 4.31 Å². The topological polar surface area (TPSA) is 73.5 Å². The Morgan fingerprint density at radius 2 is 1.84 bits per heavy atom. The average Bonchev–Trinajstić information content (AvgIpc) is 3.45. The number of H-pyrrole nitrogens is 1. The molecule has 1 fully saturated rings. The lowest BCUT2D eigenvalue weighted by Gasteiger charge is -2.38. The third-order valence-electron chi connectivity index (χ3n) is 6.67. The number of amides is 1. The number of fused-ring (bicyclic) bond motifs is 3. The molecule has 7 heteroatoms. The fourth-order valence-electron chi connectivity index (χ4n) is 5.18. The van der Waals surface area contributed by atoms with E-state index in [-0.39, 0.29) is 16.8 Å². The number of benzene rings is 2. The van der Waals surface area contributed by atoms with Crippen LogP contribution in [0.2, 0.25) is 0 Å². The highest BCUT2D eigenvalue weighted by Gasteiger charge is 2.43. The molecule has 32 heavy (non-hydrogen) atoms. The standard InChI is InChI=1S/C25H27N3O3S/c1-2-9-22-24-20(19-12-6-7-13-21(19)26-24)15-17-27(22)25(29)23-14-8-16-28(23)32(30,31)18-10-4-3-5-11-18/h2-7,10-13,22-23,26H,1,8-9,14-17H2/t22?,23-/m0/s1. The molecule has 1 saturated heterocycles. The van der Waals surface area contributed by atoms with E-state index in [4.69, 9.17) is 0 Å². The number of carbonyl (C=O) groups is 1. The molecule has 2 atom stereocenters. The van der Waals surface area contributed by atoms with E-state index in [2.05, 4.69) is 23.7 Å². The molecule has 0 bridgehead atoms. The van der Waals surface area contributed by atoms with E-state index in [0.717, 1.165) is 17.6 Å². The van der Waals surface area contributed by atoms with Crippen molar-refractivity contribution in [3.63, 3.8) is 0 Å². The van der Waals surface area contributed by atoms with Crippen molar-refractivity contribution in [2.75, 3.05) is 13.1 Å². The molecule has 2 aromatic carbocycles. The molecule has 5 rings (SSSR count). The first kappa shape index (κ1) is 21.0. The Labute approximate surface area is 188 Å². The maximum atomic E-state index is 13.8. The van der Waals surface area contributed by atoms with Crippen LogP contribution in [0.1, 0.15) is 36.6 Å². The van der Waals surface area contributed by atoms with Gasteiger partial charge in [-0.1, -0.05) is 42.5 Å². The number of hydrogen-bond donors (Lipinski definition) is 1. The Bertz CT molecular complexity index is 1270. The Morgan fingerprint density at radius 1 is 1.09 bits per heavy atom. The van der Waals surface area contributed by atoms with Crippen molar-refractivity contribution in [1.82, 2.24) is 14.2 Å². The molecule has 0 spiro atoms. The molecule has 2 aliphatic heterocycles. The smallest absolute Gasteiger partial charge is 0.243 e. The average molecular weight is 450 g/mol. The number of aromatic nitrogens is 1. The van der Waals surface area contributed by atoms with E-state index in [1.54, 1.807) is 30.3 Å². The molecule has 1 aromatic heterocycles. The second-order valence-corrected chi connectivity index (χ2v) is 10.4. The molecular weight excluding hydrogens is 422 g/mol. The van der Waals surface area contributed by atoms with Gasteiger partial charge in [0.1, 0.15) is 6.04 Å². The molecule has 3 aromatic rings. The zero-order valence-corrected chi connectivity index (χ0v) is 18.7. The van der Waals surface area contributed by atoms with Gasteiger partial charge in [0.15, 0.2) is 0 Å². The van der Waals surface area contributed by atoms with Crippen LogP contribution in [0.4, 0.5) is 0 Å². The van der Waals surface area contributed by atoms with Crippen molar-refractivity contribution in [3.8, 4) is 0 Å². The Kier molecular flexibility index (Phi) is 5.39. The van der Waals surface area contributed by atoms with Gasteiger partial charge < -0.3 is 9.88 Å². The molecule has 6 nitrogen and oxygen atoms in total. The molecule has 1 N–H and O–H groups in total. The lowest BCUT2D eigenvalue weighted by molar-refractivity contribution is -0.137. The van der Waals surface area contributed by atoms with E-state index in [9.17, 15) is 13.2 Å². The van der Waals surface area contributed by atoms with Crippen LogP contribution < -0.4 is 0 Å². The van der Waals surface area contributed by atoms with Crippen LogP contribution >= 0.6 is 0 Å². The number of carbonyl (C=O) groups excluding carboxylic acids is 1. The van der Waals surface area contributed by atoms with Crippen molar-refractivity contribution in [1.29, 1.82) is 0 Å². The number of nitrogens with one attached hydrogen (secondary N) is 1. The van der Waals surface area contributed by atoms with Crippen LogP contribution in [0, 0.1) is 0 Å². The van der Waals surface area contributed by atoms with Crippen molar-refractivity contribution in [3.05, 3.63) is 78.5 Å². The summed E-state index contributed by atoms with van der Waals surface area (Å²) >= 11 is 0. The molecule has 1 amide bonds. The molecule has 166 valence electrons. The number of para-hydroxylation sites is 1. The van der Waals surface area contributed by atoms with Crippen LogP contribution in [0.3, 0.4) is 0 Å². The summed E-state index contributed by atoms with van der Waals surface area (Å²) in [5.41, 5.74) is 3.35. The van der Waals surface area contributed by atoms with Gasteiger partial charge in [-0.05, 0) is 49.4 Å². The van der Waals surface area contributed by atoms with Gasteiger partial charge in [-0.15, -0.1) is 6.58 Å². The normalized spacial score (nSPS) is 21.6. The summed E-state index contributed by atoms with van der Waals surface area (Å²) in [6, 6.07) is 15.7. The molecule has 0 saturated carbocycles. The van der Waals surface area contributed by atoms with Gasteiger partial charge in [0, 0.05) is 29.7 Å². The lowest BCUT2D eigenvalue weighted by Crippen LogP contribution is -2.50. The summed E-state index contributed by atoms with van der Waals surface area (Å²) in [6.45, 7) is 4.85. The van der Waals surface area contributed by atoms with Crippen molar-refractivity contribution in [2.45, 2.75) is 42.7 Å². The summed E-state index contributed by atoms with van der Waals surface area (Å²) in [4.78, 5) is 19.4. The summed E-state index contributed by atoms with van der Waals surface area (Å²) < 4.78 is 28.0. The highest BCUT2D eigenvalue weighted by Crippen LogP contribution is 2.38. The van der Waals surface area contributed by atoms with E-state index in [1.165, 1.54) is 15.3 Å². The van der Waals surface area contributed by atoms with Crippen LogP contribution in [0.15, 0.2) is 72.1 Å². The molecular formula is C25H27N3O3S. The predicted octanol–water partition coefficient (Wildman–Crippen LogP) is 4.02. The summed E-state index contributed by atoms with van der Waals surface area (Å²) in [5, 5.41) is 1.19. The number of rotatable bonds is 5. The Hall–Kier alpha value is -2.90. The summed E-state index contributed by atoms with van der Waals surface area (Å²) in [5.74, 6) is -0.113. The lowest BCUT2D eigenvalue weighted by atomic mass is 9.94. The molecule has 0 aliphatic carbocycles. The fraction of sp³-hybridized carbons (Fsp3) is 0.320. The van der Waals surface area contributed by atoms with Gasteiger partial charge in [0.25, 0.3) is 0 Å². The summed E-state index contributed by atoms with van der Waals surface area (Å²) in [6.07, 6.45) is 4.42. The van der Waals surface area contributed by atoms with Crippen molar-refractivity contribution >= 4 is 26.8 Å². The Balaban J connectivity index is 1.48. The van der Waals surface area contributed by atoms with Gasteiger partial charge in [-0.25, -0.2) is 8.42 Å². The van der Waals surface area contributed by atoms with Crippen LogP contribution in [0.5, 0.6) is 0 Å². The quantitative estimate of drug-likeness (QED) is 0.598. The molecule has 1 unspecified atom stereocenters. The van der Waals surface area contributed by atoms with Crippen LogP contribution in [0.25, 0.3) is 10.9 Å². The van der Waals surface area contributed by atoms with Crippen LogP contribution in [-0.2, 0) is 21.2 Å². The number of nitrogens with zero attached hydrogens (tertiary/aromatic N) is 2. The maximum absolute atomic E-state index is 13.8. The molecule has 3 heterocycles. The predicted molar refractivity (Wildman–Crippen MR) is 125 cm³/mol. The SMILES string of the molecule is C=CCC1c2[nH]c3ccccc3c2CCN1C(=O)[C@@H]1CCCN1S(=O)(=O)c1ccccc1. The third-order valence-corrected chi connectivity index (χ3v) is 8.59. The minimum atomic E-state index is -3.72. The van der Waals surface area contributed by atoms with E-state index >= 15 is 0 Å². The molecule has 0 radical (unpaired) electrons. The highest BCUT2D eigenvalue weighted by molar-refractivity contribution is 7.89. The highest BCUT2D eigenvalue weighted by atomic mass is 32.2. The van der Waals surface area contributed by atoms with Gasteiger partial charge in [0.2, 0.25) is 15.9 Å². The van der Waals surface area contributed by atoms with Crippen LogP contribution in [-0.4, -0.2) is 47.6 Å². The first-order valence-electron chi connectivity index (χ1n) is 11.1. The third kappa shape index (κ3) is 3.36. The first-order valence-corrected chi connectivity index (χ1v) is 12.5. The van der Waals surface area contributed by atoms with E-state index < -0.39 is 16.1 Å². The zero-order valence-electron chi connectivity index (χ0n) is 17.9. The van der Waals surface area contributed by atoms with E-state index in [1.807, 2.05) is 23.1 Å². The monoisotopic (exact) mass is 449 g/mol. The first-order chi connectivity index (χ1) is 15.5. The van der Waals surface area contributed by atoms with E-state index in [0.29, 0.717) is 32.4 Å². The van der Waals surface area contributed by atoms with Crippen molar-refractivity contribution in [2.24, 2.45) is 0 Å². The largest absolute Gasteiger partial charge is 0.356 e. The Morgan fingerprint density at radius 3 is 2.62 bits per heavy atom. The number of sulfonamides is 1. The number of aromatic amines is 1. The second-order valence-electron chi connectivity index (χ2n) is 8.47. The van der Waals surface area contributed by atoms with Gasteiger partial charge in [0.05, 0.1) is 10.9 Å². The number of hydrogen-bond acceptors (Lipinski definition) is 3. The maximum Gasteiger partial charge on any atom is 0.243 e. The van der Waals surface area contributed by atoms with Gasteiger partial charge in [-0.3, -0.25) is 4.79 Å². The minimum absolute atomic E-state index is 0.113. The second kappa shape index (κ2) is 8.22. The molecule has 2 aliphatic rings. The van der Waals surface area contributed by atoms with Gasteiger partial charge >= 0.3 is 0 Å². The van der Waals surface area contributed by atoms with Crippen molar-refractivity contribution < 1.29 is 13.2 Å².